The number of ether oxygens (including phenoxy) is 2. The van der Waals surface area contributed by atoms with Gasteiger partial charge in [-0.2, -0.15) is 18.3 Å². The van der Waals surface area contributed by atoms with Crippen LogP contribution in [0.25, 0.3) is 0 Å². The van der Waals surface area contributed by atoms with E-state index in [-0.39, 0.29) is 18.7 Å². The quantitative estimate of drug-likeness (QED) is 0.509. The fraction of sp³-hybridized carbons (Fsp3) is 0.630. The lowest BCUT2D eigenvalue weighted by Gasteiger charge is -2.53. The third-order valence-corrected chi connectivity index (χ3v) is 8.56. The number of alkyl halides is 3. The average molecular weight is 555 g/mol. The Kier molecular flexibility index (Phi) is 8.05. The van der Waals surface area contributed by atoms with E-state index in [2.05, 4.69) is 27.9 Å². The van der Waals surface area contributed by atoms with Crippen LogP contribution < -0.4 is 0 Å². The number of esters is 1. The van der Waals surface area contributed by atoms with Crippen molar-refractivity contribution < 1.29 is 27.4 Å². The van der Waals surface area contributed by atoms with Crippen LogP contribution in [0.4, 0.5) is 13.2 Å². The molecule has 0 spiro atoms. The third-order valence-electron chi connectivity index (χ3n) is 8.31. The summed E-state index contributed by atoms with van der Waals surface area (Å²) in [5, 5.41) is 5.37. The highest BCUT2D eigenvalue weighted by Crippen LogP contribution is 2.37. The summed E-state index contributed by atoms with van der Waals surface area (Å²) in [6, 6.07) is 9.97. The van der Waals surface area contributed by atoms with E-state index in [0.29, 0.717) is 30.6 Å². The number of hydrogen-bond donors (Lipinski definition) is 0. The minimum atomic E-state index is -5.06. The molecule has 0 amide bonds. The van der Waals surface area contributed by atoms with Crippen molar-refractivity contribution in [1.82, 2.24) is 19.6 Å². The number of morpholine rings is 1. The van der Waals surface area contributed by atoms with E-state index >= 15 is 0 Å². The van der Waals surface area contributed by atoms with Crippen molar-refractivity contribution in [1.29, 1.82) is 0 Å². The molecule has 1 aromatic heterocycles. The second-order valence-electron chi connectivity index (χ2n) is 10.7. The highest BCUT2D eigenvalue weighted by Gasteiger charge is 2.48. The molecule has 1 unspecified atom stereocenters. The summed E-state index contributed by atoms with van der Waals surface area (Å²) in [4.78, 5) is 16.2. The van der Waals surface area contributed by atoms with Gasteiger partial charge in [0.2, 0.25) is 6.29 Å². The van der Waals surface area contributed by atoms with Crippen LogP contribution in [0.2, 0.25) is 5.02 Å². The predicted molar refractivity (Wildman–Crippen MR) is 136 cm³/mol. The largest absolute Gasteiger partial charge is 0.491 e. The molecule has 1 aromatic carbocycles. The number of carbonyl (C=O) groups excluding carboxylic acids is 1. The lowest BCUT2D eigenvalue weighted by Crippen LogP contribution is -2.67. The van der Waals surface area contributed by atoms with Crippen LogP contribution in [-0.2, 0) is 27.7 Å². The average Bonchev–Trinajstić information content (AvgIpc) is 3.22. The van der Waals surface area contributed by atoms with Gasteiger partial charge in [0.25, 0.3) is 0 Å². The summed E-state index contributed by atoms with van der Waals surface area (Å²) in [6.07, 6.45) is -1.56. The zero-order valence-electron chi connectivity index (χ0n) is 21.7. The molecule has 2 saturated heterocycles. The normalized spacial score (nSPS) is 29.2. The van der Waals surface area contributed by atoms with E-state index in [4.69, 9.17) is 21.1 Å². The zero-order valence-corrected chi connectivity index (χ0v) is 22.4. The summed E-state index contributed by atoms with van der Waals surface area (Å²) in [6.45, 7) is 4.00. The Bertz CT molecular complexity index is 1100. The molecular formula is C27H34ClF3N4O3. The summed E-state index contributed by atoms with van der Waals surface area (Å²) < 4.78 is 51.2. The Labute approximate surface area is 225 Å². The third kappa shape index (κ3) is 6.03. The predicted octanol–water partition coefficient (Wildman–Crippen LogP) is 4.47. The van der Waals surface area contributed by atoms with Gasteiger partial charge in [0.1, 0.15) is 0 Å². The number of rotatable bonds is 5. The first-order chi connectivity index (χ1) is 18.1. The first-order valence-corrected chi connectivity index (χ1v) is 13.6. The van der Waals surface area contributed by atoms with Crippen molar-refractivity contribution in [2.75, 3.05) is 26.2 Å². The van der Waals surface area contributed by atoms with Crippen molar-refractivity contribution in [3.8, 4) is 0 Å². The number of aryl methyl sites for hydroxylation is 2. The number of nitrogens with zero attached hydrogens (tertiary/aromatic N) is 4. The molecule has 38 heavy (non-hydrogen) atoms. The van der Waals surface area contributed by atoms with Gasteiger partial charge in [-0.15, -0.1) is 0 Å². The van der Waals surface area contributed by atoms with Crippen LogP contribution in [0.5, 0.6) is 0 Å². The Morgan fingerprint density at radius 3 is 2.50 bits per heavy atom. The number of hydrogen-bond acceptors (Lipinski definition) is 6. The number of aromatic nitrogens is 2. The van der Waals surface area contributed by atoms with E-state index in [1.165, 1.54) is 0 Å². The van der Waals surface area contributed by atoms with Crippen LogP contribution >= 0.6 is 11.6 Å². The lowest BCUT2D eigenvalue weighted by molar-refractivity contribution is -0.252. The Hall–Kier alpha value is -2.14. The van der Waals surface area contributed by atoms with E-state index in [0.717, 1.165) is 49.1 Å². The van der Waals surface area contributed by atoms with E-state index in [9.17, 15) is 18.0 Å². The summed E-state index contributed by atoms with van der Waals surface area (Å²) in [5.74, 6) is -1.80. The molecule has 208 valence electrons. The molecular weight excluding hydrogens is 521 g/mol. The second kappa shape index (κ2) is 11.2. The van der Waals surface area contributed by atoms with Gasteiger partial charge in [0, 0.05) is 55.4 Å². The topological polar surface area (TPSA) is 59.8 Å². The van der Waals surface area contributed by atoms with E-state index in [1.54, 1.807) is 0 Å². The molecule has 2 aliphatic heterocycles. The number of fused-ring (bicyclic) bond motifs is 1. The molecule has 1 saturated carbocycles. The first kappa shape index (κ1) is 27.4. The van der Waals surface area contributed by atoms with Crippen molar-refractivity contribution in [3.05, 3.63) is 52.3 Å². The molecule has 0 N–H and O–H groups in total. The van der Waals surface area contributed by atoms with Crippen LogP contribution in [0.1, 0.15) is 48.6 Å². The van der Waals surface area contributed by atoms with Gasteiger partial charge in [0.05, 0.1) is 18.3 Å². The molecule has 2 aromatic rings. The molecule has 3 atom stereocenters. The summed E-state index contributed by atoms with van der Waals surface area (Å²) in [5.41, 5.74) is 3.43. The monoisotopic (exact) mass is 554 g/mol. The second-order valence-corrected chi connectivity index (χ2v) is 11.2. The molecule has 7 nitrogen and oxygen atoms in total. The lowest BCUT2D eigenvalue weighted by atomic mass is 9.82. The fourth-order valence-corrected chi connectivity index (χ4v) is 6.33. The van der Waals surface area contributed by atoms with Gasteiger partial charge in [-0.1, -0.05) is 23.7 Å². The fourth-order valence-electron chi connectivity index (χ4n) is 6.20. The first-order valence-electron chi connectivity index (χ1n) is 13.2. The van der Waals surface area contributed by atoms with Crippen molar-refractivity contribution in [2.24, 2.45) is 7.05 Å². The van der Waals surface area contributed by atoms with E-state index in [1.807, 2.05) is 36.0 Å². The zero-order chi connectivity index (χ0) is 27.0. The van der Waals surface area contributed by atoms with Crippen molar-refractivity contribution >= 4 is 17.6 Å². The number of benzene rings is 1. The number of halogens is 4. The van der Waals surface area contributed by atoms with Gasteiger partial charge in [-0.05, 0) is 62.8 Å². The minimum absolute atomic E-state index is 0.170. The van der Waals surface area contributed by atoms with Gasteiger partial charge < -0.3 is 9.47 Å². The SMILES string of the molecule is Cc1cc(C2CCC(N3C[C@@H]4C(OC(=O)C(F)(F)F)OCCN4C[C@@H]3Cc3ccc(Cl)cc3)CC2)nn1C. The maximum Gasteiger partial charge on any atom is 0.491 e. The summed E-state index contributed by atoms with van der Waals surface area (Å²) in [7, 11) is 1.96. The van der Waals surface area contributed by atoms with Crippen LogP contribution in [-0.4, -0.2) is 82.4 Å². The van der Waals surface area contributed by atoms with Crippen molar-refractivity contribution in [2.45, 2.75) is 75.5 Å². The molecule has 5 rings (SSSR count). The van der Waals surface area contributed by atoms with Crippen molar-refractivity contribution in [3.63, 3.8) is 0 Å². The number of carbonyl (C=O) groups is 1. The Balaban J connectivity index is 1.33. The van der Waals surface area contributed by atoms with Crippen LogP contribution in [0.15, 0.2) is 30.3 Å². The molecule has 0 bridgehead atoms. The Morgan fingerprint density at radius 2 is 1.87 bits per heavy atom. The van der Waals surface area contributed by atoms with Gasteiger partial charge >= 0.3 is 12.1 Å². The maximum atomic E-state index is 13.0. The molecule has 3 fully saturated rings. The molecule has 11 heteroatoms. The Morgan fingerprint density at radius 1 is 1.16 bits per heavy atom. The molecule has 3 heterocycles. The molecule has 0 radical (unpaired) electrons. The minimum Gasteiger partial charge on any atom is -0.427 e. The summed E-state index contributed by atoms with van der Waals surface area (Å²) >= 11 is 6.10. The number of piperazine rings is 1. The van der Waals surface area contributed by atoms with Crippen LogP contribution in [0.3, 0.4) is 0 Å². The molecule has 1 aliphatic carbocycles. The van der Waals surface area contributed by atoms with Gasteiger partial charge in [0.15, 0.2) is 0 Å². The van der Waals surface area contributed by atoms with Gasteiger partial charge in [-0.25, -0.2) is 4.79 Å². The van der Waals surface area contributed by atoms with E-state index < -0.39 is 24.5 Å². The smallest absolute Gasteiger partial charge is 0.427 e. The van der Waals surface area contributed by atoms with Gasteiger partial charge in [-0.3, -0.25) is 14.5 Å². The highest BCUT2D eigenvalue weighted by atomic mass is 35.5. The standard InChI is InChI=1S/C27H34ClF3N4O3/c1-17-13-23(32-33(17)2)19-5-9-21(10-6-19)35-16-24-25(38-26(36)27(29,30)31)37-12-11-34(24)15-22(35)14-18-3-7-20(28)8-4-18/h3-4,7-8,13,19,21-22,24-25H,5-6,9-12,14-16H2,1-2H3/t19?,21?,22-,24+,25?/m0/s1. The van der Waals surface area contributed by atoms with Crippen LogP contribution in [0, 0.1) is 6.92 Å². The highest BCUT2D eigenvalue weighted by molar-refractivity contribution is 6.30. The molecule has 3 aliphatic rings. The maximum absolute atomic E-state index is 13.0.